The summed E-state index contributed by atoms with van der Waals surface area (Å²) in [5.74, 6) is 0. The van der Waals surface area contributed by atoms with E-state index in [0.717, 1.165) is 39.1 Å². The van der Waals surface area contributed by atoms with Crippen molar-refractivity contribution in [1.82, 2.24) is 9.97 Å². The van der Waals surface area contributed by atoms with Crippen molar-refractivity contribution in [3.63, 3.8) is 0 Å². The number of fused-ring (bicyclic) bond motifs is 1. The highest BCUT2D eigenvalue weighted by atomic mass is 35.5. The largest absolute Gasteiger partial charge is 0.354 e. The van der Waals surface area contributed by atoms with E-state index in [1.165, 1.54) is 0 Å². The van der Waals surface area contributed by atoms with Crippen LogP contribution in [0.15, 0.2) is 89.9 Å². The molecule has 0 saturated carbocycles. The second-order valence-electron chi connectivity index (χ2n) is 7.78. The minimum Gasteiger partial charge on any atom is -0.354 e. The standard InChI is InChI=1S/C27H19Cl2N3O/c28-20-10-19(11-21(29)12-20)24-15-31-27(33)23-13-22(17-4-2-1-3-5-17)25(32-26(23)24)18-8-6-16(14-30)7-9-18/h1-13,15H,14,30H2,(H,31,33)/p+1. The van der Waals surface area contributed by atoms with Gasteiger partial charge in [0.15, 0.2) is 0 Å². The first kappa shape index (κ1) is 21.4. The predicted molar refractivity (Wildman–Crippen MR) is 135 cm³/mol. The van der Waals surface area contributed by atoms with Gasteiger partial charge >= 0.3 is 0 Å². The number of quaternary nitrogens is 1. The van der Waals surface area contributed by atoms with Crippen molar-refractivity contribution in [3.8, 4) is 33.5 Å². The normalized spacial score (nSPS) is 11.1. The third kappa shape index (κ3) is 4.16. The molecule has 0 amide bonds. The van der Waals surface area contributed by atoms with E-state index >= 15 is 0 Å². The summed E-state index contributed by atoms with van der Waals surface area (Å²) in [6, 6.07) is 25.4. The van der Waals surface area contributed by atoms with Crippen LogP contribution in [0.4, 0.5) is 0 Å². The zero-order valence-electron chi connectivity index (χ0n) is 17.6. The van der Waals surface area contributed by atoms with Gasteiger partial charge in [0.05, 0.1) is 23.1 Å². The molecule has 0 spiro atoms. The zero-order chi connectivity index (χ0) is 22.9. The number of nitrogens with one attached hydrogen (secondary N) is 1. The van der Waals surface area contributed by atoms with Crippen LogP contribution in [0, 0.1) is 0 Å². The van der Waals surface area contributed by atoms with Gasteiger partial charge in [-0.3, -0.25) is 4.79 Å². The van der Waals surface area contributed by atoms with E-state index in [2.05, 4.69) is 22.9 Å². The molecule has 0 aliphatic carbocycles. The molecule has 0 bridgehead atoms. The number of aromatic amines is 1. The molecule has 4 nitrogen and oxygen atoms in total. The molecule has 0 unspecified atom stereocenters. The van der Waals surface area contributed by atoms with Crippen molar-refractivity contribution in [3.05, 3.63) is 111 Å². The van der Waals surface area contributed by atoms with Crippen molar-refractivity contribution in [1.29, 1.82) is 0 Å². The topological polar surface area (TPSA) is 73.4 Å². The van der Waals surface area contributed by atoms with Crippen LogP contribution in [0.3, 0.4) is 0 Å². The molecule has 4 N–H and O–H groups in total. The molecule has 2 heterocycles. The van der Waals surface area contributed by atoms with Crippen LogP contribution < -0.4 is 11.3 Å². The maximum Gasteiger partial charge on any atom is 0.257 e. The van der Waals surface area contributed by atoms with Crippen LogP contribution in [0.5, 0.6) is 0 Å². The van der Waals surface area contributed by atoms with Gasteiger partial charge in [-0.15, -0.1) is 0 Å². The smallest absolute Gasteiger partial charge is 0.257 e. The minimum atomic E-state index is -0.203. The fourth-order valence-electron chi connectivity index (χ4n) is 3.99. The van der Waals surface area contributed by atoms with Crippen molar-refractivity contribution in [2.24, 2.45) is 0 Å². The lowest BCUT2D eigenvalue weighted by Crippen LogP contribution is -2.47. The number of hydrogen-bond acceptors (Lipinski definition) is 2. The van der Waals surface area contributed by atoms with Gasteiger partial charge in [0.2, 0.25) is 0 Å². The summed E-state index contributed by atoms with van der Waals surface area (Å²) >= 11 is 12.5. The van der Waals surface area contributed by atoms with Crippen LogP contribution in [0.1, 0.15) is 5.56 Å². The monoisotopic (exact) mass is 472 g/mol. The van der Waals surface area contributed by atoms with Crippen molar-refractivity contribution < 1.29 is 5.73 Å². The molecule has 0 radical (unpaired) electrons. The summed E-state index contributed by atoms with van der Waals surface area (Å²) in [4.78, 5) is 20.8. The number of H-pyrrole nitrogens is 1. The van der Waals surface area contributed by atoms with Crippen LogP contribution in [-0.2, 0) is 6.54 Å². The Morgan fingerprint density at radius 2 is 1.48 bits per heavy atom. The molecule has 162 valence electrons. The zero-order valence-corrected chi connectivity index (χ0v) is 19.1. The lowest BCUT2D eigenvalue weighted by atomic mass is 9.95. The molecular weight excluding hydrogens is 453 g/mol. The van der Waals surface area contributed by atoms with Gasteiger partial charge in [-0.1, -0.05) is 77.8 Å². The van der Waals surface area contributed by atoms with E-state index in [4.69, 9.17) is 28.2 Å². The van der Waals surface area contributed by atoms with Gasteiger partial charge in [0.25, 0.3) is 5.56 Å². The fourth-order valence-corrected chi connectivity index (χ4v) is 4.52. The Hall–Kier alpha value is -3.44. The average molecular weight is 473 g/mol. The fraction of sp³-hybridized carbons (Fsp3) is 0.0370. The second-order valence-corrected chi connectivity index (χ2v) is 8.66. The Morgan fingerprint density at radius 3 is 2.15 bits per heavy atom. The van der Waals surface area contributed by atoms with Crippen molar-refractivity contribution in [2.75, 3.05) is 0 Å². The van der Waals surface area contributed by atoms with Gasteiger partial charge in [0.1, 0.15) is 0 Å². The lowest BCUT2D eigenvalue weighted by Gasteiger charge is -2.14. The lowest BCUT2D eigenvalue weighted by molar-refractivity contribution is -0.386. The van der Waals surface area contributed by atoms with E-state index in [1.54, 1.807) is 12.3 Å². The van der Waals surface area contributed by atoms with Crippen LogP contribution in [-0.4, -0.2) is 9.97 Å². The van der Waals surface area contributed by atoms with E-state index in [-0.39, 0.29) is 5.56 Å². The first-order chi connectivity index (χ1) is 16.0. The number of nitrogens with zero attached hydrogens (tertiary/aromatic N) is 1. The predicted octanol–water partition coefficient (Wildman–Crippen LogP) is 5.97. The second kappa shape index (κ2) is 8.83. The first-order valence-corrected chi connectivity index (χ1v) is 11.3. The number of halogens is 2. The summed E-state index contributed by atoms with van der Waals surface area (Å²) in [5.41, 5.74) is 10.7. The third-order valence-corrected chi connectivity index (χ3v) is 6.08. The molecule has 33 heavy (non-hydrogen) atoms. The molecule has 2 aromatic heterocycles. The quantitative estimate of drug-likeness (QED) is 0.337. The summed E-state index contributed by atoms with van der Waals surface area (Å²) in [7, 11) is 0. The van der Waals surface area contributed by atoms with Gasteiger partial charge in [0, 0.05) is 38.5 Å². The van der Waals surface area contributed by atoms with Crippen molar-refractivity contribution >= 4 is 34.1 Å². The van der Waals surface area contributed by atoms with E-state index in [9.17, 15) is 4.79 Å². The number of benzene rings is 3. The number of aromatic nitrogens is 2. The summed E-state index contributed by atoms with van der Waals surface area (Å²) < 4.78 is 0. The highest BCUT2D eigenvalue weighted by Crippen LogP contribution is 2.36. The molecule has 0 saturated heterocycles. The molecule has 0 aliphatic heterocycles. The summed E-state index contributed by atoms with van der Waals surface area (Å²) in [6.07, 6.45) is 1.66. The molecule has 5 rings (SSSR count). The third-order valence-electron chi connectivity index (χ3n) is 5.64. The summed E-state index contributed by atoms with van der Waals surface area (Å²) in [6.45, 7) is 0.714. The van der Waals surface area contributed by atoms with Gasteiger partial charge in [-0.2, -0.15) is 0 Å². The Balaban J connectivity index is 1.85. The van der Waals surface area contributed by atoms with Crippen LogP contribution in [0.25, 0.3) is 44.4 Å². The Morgan fingerprint density at radius 1 is 0.788 bits per heavy atom. The summed E-state index contributed by atoms with van der Waals surface area (Å²) in [5, 5.41) is 1.53. The molecule has 5 aromatic rings. The highest BCUT2D eigenvalue weighted by molar-refractivity contribution is 6.35. The maximum atomic E-state index is 12.9. The molecule has 0 fully saturated rings. The van der Waals surface area contributed by atoms with E-state index in [0.29, 0.717) is 27.5 Å². The molecule has 0 aliphatic rings. The highest BCUT2D eigenvalue weighted by Gasteiger charge is 2.17. The number of hydrogen-bond donors (Lipinski definition) is 2. The number of pyridine rings is 2. The van der Waals surface area contributed by atoms with Gasteiger partial charge in [-0.25, -0.2) is 4.98 Å². The van der Waals surface area contributed by atoms with Gasteiger partial charge < -0.3 is 10.7 Å². The number of rotatable bonds is 4. The Kier molecular flexibility index (Phi) is 5.73. The molecule has 6 heteroatoms. The van der Waals surface area contributed by atoms with Crippen molar-refractivity contribution in [2.45, 2.75) is 6.54 Å². The minimum absolute atomic E-state index is 0.203. The first-order valence-electron chi connectivity index (χ1n) is 10.5. The molecular formula is C27H20Cl2N3O+. The molecule has 0 atom stereocenters. The average Bonchev–Trinajstić information content (AvgIpc) is 2.83. The van der Waals surface area contributed by atoms with E-state index in [1.807, 2.05) is 60.7 Å². The molecule has 3 aromatic carbocycles. The van der Waals surface area contributed by atoms with Gasteiger partial charge in [-0.05, 0) is 35.4 Å². The van der Waals surface area contributed by atoms with Crippen LogP contribution >= 0.6 is 23.2 Å². The Labute approximate surface area is 200 Å². The van der Waals surface area contributed by atoms with Crippen LogP contribution in [0.2, 0.25) is 10.0 Å². The Bertz CT molecular complexity index is 1510. The van der Waals surface area contributed by atoms with E-state index < -0.39 is 0 Å². The maximum absolute atomic E-state index is 12.9. The SMILES string of the molecule is [NH3+]Cc1ccc(-c2nc3c(-c4cc(Cl)cc(Cl)c4)c[nH]c(=O)c3cc2-c2ccccc2)cc1.